The first-order valence-electron chi connectivity index (χ1n) is 7.06. The van der Waals surface area contributed by atoms with Crippen molar-refractivity contribution in [2.45, 2.75) is 6.92 Å². The number of carbonyl (C=O) groups excluding carboxylic acids is 1. The van der Waals surface area contributed by atoms with E-state index in [9.17, 15) is 9.18 Å². The van der Waals surface area contributed by atoms with E-state index < -0.39 is 5.82 Å². The fraction of sp³-hybridized carbons (Fsp3) is 0.0556. The summed E-state index contributed by atoms with van der Waals surface area (Å²) in [5.41, 5.74) is 3.36. The van der Waals surface area contributed by atoms with Gasteiger partial charge in [0.25, 0.3) is 0 Å². The summed E-state index contributed by atoms with van der Waals surface area (Å²) in [4.78, 5) is 19.2. The first kappa shape index (κ1) is 14.8. The second-order valence-corrected chi connectivity index (χ2v) is 5.13. The van der Waals surface area contributed by atoms with Crippen LogP contribution in [-0.4, -0.2) is 16.3 Å². The molecular weight excluding hydrogens is 293 g/mol. The van der Waals surface area contributed by atoms with E-state index >= 15 is 0 Å². The van der Waals surface area contributed by atoms with Crippen LogP contribution in [-0.2, 0) is 0 Å². The van der Waals surface area contributed by atoms with Gasteiger partial charge in [0.15, 0.2) is 6.29 Å². The molecule has 0 atom stereocenters. The van der Waals surface area contributed by atoms with Crippen molar-refractivity contribution < 1.29 is 9.18 Å². The first-order chi connectivity index (χ1) is 11.2. The number of nitrogens with zero attached hydrogens (tertiary/aromatic N) is 2. The highest BCUT2D eigenvalue weighted by atomic mass is 19.1. The smallest absolute Gasteiger partial charge is 0.153 e. The number of hydrogen-bond acceptors (Lipinski definition) is 4. The van der Waals surface area contributed by atoms with Gasteiger partial charge >= 0.3 is 0 Å². The van der Waals surface area contributed by atoms with Gasteiger partial charge in [-0.3, -0.25) is 4.79 Å². The molecule has 3 rings (SSSR count). The molecule has 0 radical (unpaired) electrons. The Balaban J connectivity index is 1.90. The van der Waals surface area contributed by atoms with Crippen molar-refractivity contribution in [1.29, 1.82) is 0 Å². The Morgan fingerprint density at radius 1 is 1.04 bits per heavy atom. The molecule has 0 aliphatic heterocycles. The van der Waals surface area contributed by atoms with Gasteiger partial charge in [0.05, 0.1) is 11.3 Å². The molecular formula is C18H14FN3O. The molecule has 1 heterocycles. The maximum absolute atomic E-state index is 13.4. The largest absolute Gasteiger partial charge is 0.340 e. The number of hydrogen-bond donors (Lipinski definition) is 1. The lowest BCUT2D eigenvalue weighted by Crippen LogP contribution is -1.96. The Morgan fingerprint density at radius 2 is 1.83 bits per heavy atom. The summed E-state index contributed by atoms with van der Waals surface area (Å²) in [6, 6.07) is 14.0. The molecule has 0 fully saturated rings. The molecule has 0 aliphatic carbocycles. The maximum Gasteiger partial charge on any atom is 0.153 e. The zero-order valence-electron chi connectivity index (χ0n) is 12.5. The van der Waals surface area contributed by atoms with E-state index in [1.165, 1.54) is 24.0 Å². The number of halogens is 1. The number of rotatable bonds is 4. The molecule has 0 saturated carbocycles. The third kappa shape index (κ3) is 3.40. The minimum absolute atomic E-state index is 0.00848. The van der Waals surface area contributed by atoms with E-state index in [2.05, 4.69) is 15.3 Å². The van der Waals surface area contributed by atoms with Gasteiger partial charge < -0.3 is 5.32 Å². The van der Waals surface area contributed by atoms with Crippen LogP contribution in [0.3, 0.4) is 0 Å². The average molecular weight is 307 g/mol. The number of aromatic nitrogens is 2. The van der Waals surface area contributed by atoms with Crippen LogP contribution in [0.15, 0.2) is 54.9 Å². The molecule has 114 valence electrons. The zero-order chi connectivity index (χ0) is 16.2. The quantitative estimate of drug-likeness (QED) is 0.736. The highest BCUT2D eigenvalue weighted by Gasteiger charge is 2.07. The van der Waals surface area contributed by atoms with Gasteiger partial charge in [-0.15, -0.1) is 0 Å². The van der Waals surface area contributed by atoms with Crippen molar-refractivity contribution in [3.8, 4) is 11.3 Å². The molecule has 0 saturated heterocycles. The maximum atomic E-state index is 13.4. The van der Waals surface area contributed by atoms with Crippen molar-refractivity contribution in [1.82, 2.24) is 9.97 Å². The van der Waals surface area contributed by atoms with Crippen LogP contribution in [0, 0.1) is 12.7 Å². The molecule has 0 aliphatic rings. The summed E-state index contributed by atoms with van der Waals surface area (Å²) in [6.45, 7) is 2.02. The van der Waals surface area contributed by atoms with E-state index in [1.807, 2.05) is 31.2 Å². The molecule has 5 heteroatoms. The Bertz CT molecular complexity index is 847. The minimum atomic E-state index is -0.546. The van der Waals surface area contributed by atoms with Crippen molar-refractivity contribution >= 4 is 17.8 Å². The fourth-order valence-electron chi connectivity index (χ4n) is 2.16. The van der Waals surface area contributed by atoms with Crippen molar-refractivity contribution in [3.63, 3.8) is 0 Å². The summed E-state index contributed by atoms with van der Waals surface area (Å²) in [7, 11) is 0. The topological polar surface area (TPSA) is 54.9 Å². The number of aryl methyl sites for hydroxylation is 1. The highest BCUT2D eigenvalue weighted by molar-refractivity contribution is 5.79. The van der Waals surface area contributed by atoms with Gasteiger partial charge in [-0.05, 0) is 37.3 Å². The Labute approximate surface area is 133 Å². The lowest BCUT2D eigenvalue weighted by atomic mass is 10.1. The van der Waals surface area contributed by atoms with Crippen LogP contribution < -0.4 is 5.32 Å². The van der Waals surface area contributed by atoms with E-state index in [0.717, 1.165) is 5.69 Å². The van der Waals surface area contributed by atoms with Gasteiger partial charge in [0.2, 0.25) is 0 Å². The van der Waals surface area contributed by atoms with Gasteiger partial charge in [0.1, 0.15) is 18.0 Å². The summed E-state index contributed by atoms with van der Waals surface area (Å²) in [5.74, 6) is 0.0756. The Morgan fingerprint density at radius 3 is 2.57 bits per heavy atom. The molecule has 23 heavy (non-hydrogen) atoms. The van der Waals surface area contributed by atoms with E-state index in [0.29, 0.717) is 23.4 Å². The van der Waals surface area contributed by atoms with Crippen LogP contribution in [0.2, 0.25) is 0 Å². The second-order valence-electron chi connectivity index (χ2n) is 5.13. The minimum Gasteiger partial charge on any atom is -0.340 e. The molecule has 1 aromatic heterocycles. The third-order valence-electron chi connectivity index (χ3n) is 3.41. The summed E-state index contributed by atoms with van der Waals surface area (Å²) in [5, 5.41) is 3.19. The van der Waals surface area contributed by atoms with E-state index in [4.69, 9.17) is 0 Å². The SMILES string of the molecule is Cc1ccc(Nc2cc(-c3ccc(F)c(C=O)c3)ncn2)cc1. The first-order valence-corrected chi connectivity index (χ1v) is 7.06. The third-order valence-corrected chi connectivity index (χ3v) is 3.41. The molecule has 4 nitrogen and oxygen atoms in total. The molecule has 3 aromatic rings. The van der Waals surface area contributed by atoms with E-state index in [1.54, 1.807) is 12.1 Å². The predicted octanol–water partition coefficient (Wildman–Crippen LogP) is 4.15. The van der Waals surface area contributed by atoms with Gasteiger partial charge in [-0.2, -0.15) is 0 Å². The van der Waals surface area contributed by atoms with Crippen LogP contribution >= 0.6 is 0 Å². The van der Waals surface area contributed by atoms with Crippen LogP contribution in [0.1, 0.15) is 15.9 Å². The molecule has 0 amide bonds. The molecule has 0 bridgehead atoms. The number of aldehydes is 1. The molecule has 2 aromatic carbocycles. The Kier molecular flexibility index (Phi) is 4.10. The van der Waals surface area contributed by atoms with Crippen LogP contribution in [0.25, 0.3) is 11.3 Å². The van der Waals surface area contributed by atoms with E-state index in [-0.39, 0.29) is 5.56 Å². The fourth-order valence-corrected chi connectivity index (χ4v) is 2.16. The second kappa shape index (κ2) is 6.36. The van der Waals surface area contributed by atoms with Crippen molar-refractivity contribution in [3.05, 3.63) is 71.8 Å². The lowest BCUT2D eigenvalue weighted by Gasteiger charge is -2.08. The van der Waals surface area contributed by atoms with Crippen LogP contribution in [0.5, 0.6) is 0 Å². The summed E-state index contributed by atoms with van der Waals surface area (Å²) >= 11 is 0. The number of nitrogens with one attached hydrogen (secondary N) is 1. The Hall–Kier alpha value is -3.08. The van der Waals surface area contributed by atoms with Gasteiger partial charge in [0, 0.05) is 17.3 Å². The molecule has 0 unspecified atom stereocenters. The van der Waals surface area contributed by atoms with Crippen molar-refractivity contribution in [2.75, 3.05) is 5.32 Å². The van der Waals surface area contributed by atoms with Crippen molar-refractivity contribution in [2.24, 2.45) is 0 Å². The number of anilines is 2. The standard InChI is InChI=1S/C18H14FN3O/c1-12-2-5-15(6-3-12)22-18-9-17(20-11-21-18)13-4-7-16(19)14(8-13)10-23/h2-11H,1H3,(H,20,21,22). The summed E-state index contributed by atoms with van der Waals surface area (Å²) < 4.78 is 13.4. The number of benzene rings is 2. The highest BCUT2D eigenvalue weighted by Crippen LogP contribution is 2.23. The summed E-state index contributed by atoms with van der Waals surface area (Å²) in [6.07, 6.45) is 1.92. The lowest BCUT2D eigenvalue weighted by molar-refractivity contribution is 0.112. The van der Waals surface area contributed by atoms with Gasteiger partial charge in [-0.25, -0.2) is 14.4 Å². The average Bonchev–Trinajstić information content (AvgIpc) is 2.58. The molecule has 1 N–H and O–H groups in total. The monoisotopic (exact) mass is 307 g/mol. The predicted molar refractivity (Wildman–Crippen MR) is 87.3 cm³/mol. The van der Waals surface area contributed by atoms with Crippen LogP contribution in [0.4, 0.5) is 15.9 Å². The zero-order valence-corrected chi connectivity index (χ0v) is 12.5. The molecule has 0 spiro atoms. The number of carbonyl (C=O) groups is 1. The van der Waals surface area contributed by atoms with Gasteiger partial charge in [-0.1, -0.05) is 17.7 Å². The normalized spacial score (nSPS) is 10.3.